The number of piperazine rings is 1. The molecule has 4 aromatic heterocycles. The lowest BCUT2D eigenvalue weighted by Gasteiger charge is -2.34. The normalized spacial score (nSPS) is 14.2. The quantitative estimate of drug-likeness (QED) is 0.450. The van der Waals surface area contributed by atoms with Gasteiger partial charge in [0.2, 0.25) is 5.88 Å². The number of anilines is 3. The molecule has 11 heteroatoms. The minimum absolute atomic E-state index is 0.335. The van der Waals surface area contributed by atoms with Crippen LogP contribution in [-0.2, 0) is 7.05 Å². The molecule has 0 saturated carbocycles. The van der Waals surface area contributed by atoms with Gasteiger partial charge in [0.05, 0.1) is 18.2 Å². The van der Waals surface area contributed by atoms with Gasteiger partial charge in [0.25, 0.3) is 0 Å². The first-order valence-electron chi connectivity index (χ1n) is 11.5. The molecule has 178 valence electrons. The second kappa shape index (κ2) is 9.52. The van der Waals surface area contributed by atoms with Crippen molar-refractivity contribution in [2.75, 3.05) is 42.9 Å². The van der Waals surface area contributed by atoms with E-state index in [0.717, 1.165) is 44.1 Å². The van der Waals surface area contributed by atoms with Crippen molar-refractivity contribution in [1.82, 2.24) is 34.6 Å². The Labute approximate surface area is 203 Å². The van der Waals surface area contributed by atoms with Crippen molar-refractivity contribution in [3.05, 3.63) is 48.0 Å². The fourth-order valence-corrected chi connectivity index (χ4v) is 4.04. The van der Waals surface area contributed by atoms with Crippen LogP contribution in [0.4, 0.5) is 17.3 Å². The molecule has 0 spiro atoms. The number of aryl methyl sites for hydroxylation is 2. The third kappa shape index (κ3) is 4.69. The standard InChI is InChI=1S/C24H26N10O/c1-4-33-7-9-34(10-8-33)21-6-5-20(30-31-21)28-18-12-22(29-24-23(18)27-15-32(24)3)35-19-14-26-17(13-25)11-16(19)2/h5-6,11-12,14-15H,4,7-10H2,1-3H3,(H,28,29,30). The maximum absolute atomic E-state index is 9.06. The Bertz CT molecular complexity index is 1380. The number of nitriles is 1. The summed E-state index contributed by atoms with van der Waals surface area (Å²) in [5.41, 5.74) is 3.17. The number of aromatic nitrogens is 6. The van der Waals surface area contributed by atoms with E-state index in [2.05, 4.69) is 47.2 Å². The van der Waals surface area contributed by atoms with Gasteiger partial charge in [-0.1, -0.05) is 6.92 Å². The van der Waals surface area contributed by atoms with Crippen molar-refractivity contribution in [3.63, 3.8) is 0 Å². The van der Waals surface area contributed by atoms with Crippen molar-refractivity contribution >= 4 is 28.5 Å². The summed E-state index contributed by atoms with van der Waals surface area (Å²) in [6, 6.07) is 9.38. The molecule has 0 bridgehead atoms. The number of rotatable bonds is 6. The summed E-state index contributed by atoms with van der Waals surface area (Å²) >= 11 is 0. The Kier molecular flexibility index (Phi) is 6.12. The lowest BCUT2D eigenvalue weighted by Crippen LogP contribution is -2.46. The van der Waals surface area contributed by atoms with E-state index < -0.39 is 0 Å². The molecule has 0 aromatic carbocycles. The molecule has 0 aliphatic carbocycles. The third-order valence-electron chi connectivity index (χ3n) is 6.09. The predicted octanol–water partition coefficient (Wildman–Crippen LogP) is 3.01. The van der Waals surface area contributed by atoms with E-state index in [4.69, 9.17) is 10.00 Å². The maximum Gasteiger partial charge on any atom is 0.223 e. The molecule has 1 aliphatic rings. The molecule has 11 nitrogen and oxygen atoms in total. The average Bonchev–Trinajstić information content (AvgIpc) is 3.26. The molecule has 1 fully saturated rings. The second-order valence-electron chi connectivity index (χ2n) is 8.41. The molecule has 5 heterocycles. The van der Waals surface area contributed by atoms with Crippen LogP contribution in [0.2, 0.25) is 0 Å². The van der Waals surface area contributed by atoms with Gasteiger partial charge in [-0.15, -0.1) is 10.2 Å². The van der Waals surface area contributed by atoms with E-state index in [1.54, 1.807) is 18.5 Å². The topological polar surface area (TPSA) is 121 Å². The number of hydrogen-bond donors (Lipinski definition) is 1. The van der Waals surface area contributed by atoms with Crippen molar-refractivity contribution in [1.29, 1.82) is 5.26 Å². The summed E-state index contributed by atoms with van der Waals surface area (Å²) in [6.45, 7) is 9.07. The fourth-order valence-electron chi connectivity index (χ4n) is 4.04. The van der Waals surface area contributed by atoms with Crippen molar-refractivity contribution in [3.8, 4) is 17.7 Å². The van der Waals surface area contributed by atoms with E-state index in [-0.39, 0.29) is 0 Å². The minimum Gasteiger partial charge on any atom is -0.437 e. The summed E-state index contributed by atoms with van der Waals surface area (Å²) in [7, 11) is 1.87. The lowest BCUT2D eigenvalue weighted by atomic mass is 10.2. The largest absolute Gasteiger partial charge is 0.437 e. The molecule has 35 heavy (non-hydrogen) atoms. The van der Waals surface area contributed by atoms with Crippen LogP contribution in [0.15, 0.2) is 36.8 Å². The second-order valence-corrected chi connectivity index (χ2v) is 8.41. The first-order chi connectivity index (χ1) is 17.0. The summed E-state index contributed by atoms with van der Waals surface area (Å²) in [6.07, 6.45) is 3.23. The average molecular weight is 471 g/mol. The molecule has 1 N–H and O–H groups in total. The zero-order chi connectivity index (χ0) is 24.4. The summed E-state index contributed by atoms with van der Waals surface area (Å²) in [4.78, 5) is 17.9. The zero-order valence-electron chi connectivity index (χ0n) is 19.9. The highest BCUT2D eigenvalue weighted by Crippen LogP contribution is 2.31. The SMILES string of the molecule is CCN1CCN(c2ccc(Nc3cc(Oc4cnc(C#N)cc4C)nc4c3ncn4C)nn2)CC1. The smallest absolute Gasteiger partial charge is 0.223 e. The van der Waals surface area contributed by atoms with Crippen LogP contribution >= 0.6 is 0 Å². The first kappa shape index (κ1) is 22.5. The summed E-state index contributed by atoms with van der Waals surface area (Å²) < 4.78 is 7.85. The molecule has 1 saturated heterocycles. The van der Waals surface area contributed by atoms with Gasteiger partial charge >= 0.3 is 0 Å². The van der Waals surface area contributed by atoms with Crippen LogP contribution in [0.25, 0.3) is 11.2 Å². The van der Waals surface area contributed by atoms with Gasteiger partial charge in [-0.05, 0) is 37.2 Å². The number of hydrogen-bond acceptors (Lipinski definition) is 10. The van der Waals surface area contributed by atoms with Gasteiger partial charge < -0.3 is 24.4 Å². The highest BCUT2D eigenvalue weighted by molar-refractivity contribution is 5.88. The van der Waals surface area contributed by atoms with Crippen LogP contribution < -0.4 is 15.0 Å². The van der Waals surface area contributed by atoms with Gasteiger partial charge in [0.15, 0.2) is 23.0 Å². The molecule has 0 unspecified atom stereocenters. The van der Waals surface area contributed by atoms with Crippen LogP contribution in [0.5, 0.6) is 11.6 Å². The predicted molar refractivity (Wildman–Crippen MR) is 132 cm³/mol. The minimum atomic E-state index is 0.335. The van der Waals surface area contributed by atoms with Crippen molar-refractivity contribution in [2.24, 2.45) is 7.05 Å². The Morgan fingerprint density at radius 2 is 1.94 bits per heavy atom. The molecule has 4 aromatic rings. The molecular weight excluding hydrogens is 444 g/mol. The number of ether oxygens (including phenoxy) is 1. The molecular formula is C24H26N10O. The third-order valence-corrected chi connectivity index (χ3v) is 6.09. The Hall–Kier alpha value is -4.30. The Morgan fingerprint density at radius 3 is 2.63 bits per heavy atom. The number of likely N-dealkylation sites (N-methyl/N-ethyl adjacent to an activating group) is 1. The zero-order valence-corrected chi connectivity index (χ0v) is 19.9. The molecule has 0 amide bonds. The van der Waals surface area contributed by atoms with Crippen LogP contribution in [0.3, 0.4) is 0 Å². The number of nitrogens with one attached hydrogen (secondary N) is 1. The Balaban J connectivity index is 1.39. The number of nitrogens with zero attached hydrogens (tertiary/aromatic N) is 9. The molecule has 0 radical (unpaired) electrons. The van der Waals surface area contributed by atoms with Crippen LogP contribution in [0, 0.1) is 18.3 Å². The van der Waals surface area contributed by atoms with E-state index in [0.29, 0.717) is 40.0 Å². The van der Waals surface area contributed by atoms with Crippen LogP contribution in [0.1, 0.15) is 18.2 Å². The van der Waals surface area contributed by atoms with E-state index in [9.17, 15) is 0 Å². The van der Waals surface area contributed by atoms with Gasteiger partial charge in [-0.2, -0.15) is 10.2 Å². The van der Waals surface area contributed by atoms with Crippen LogP contribution in [-0.4, -0.2) is 67.3 Å². The van der Waals surface area contributed by atoms with Crippen molar-refractivity contribution in [2.45, 2.75) is 13.8 Å². The van der Waals surface area contributed by atoms with E-state index in [1.165, 1.54) is 6.20 Å². The number of fused-ring (bicyclic) bond motifs is 1. The molecule has 1 aliphatic heterocycles. The fraction of sp³-hybridized carbons (Fsp3) is 0.333. The van der Waals surface area contributed by atoms with Gasteiger partial charge in [0.1, 0.15) is 17.3 Å². The molecule has 0 atom stereocenters. The van der Waals surface area contributed by atoms with Gasteiger partial charge in [-0.25, -0.2) is 9.97 Å². The number of imidazole rings is 1. The highest BCUT2D eigenvalue weighted by atomic mass is 16.5. The van der Waals surface area contributed by atoms with Crippen molar-refractivity contribution < 1.29 is 4.74 Å². The number of pyridine rings is 2. The summed E-state index contributed by atoms with van der Waals surface area (Å²) in [5, 5.41) is 21.2. The maximum atomic E-state index is 9.06. The lowest BCUT2D eigenvalue weighted by molar-refractivity contribution is 0.270. The monoisotopic (exact) mass is 470 g/mol. The van der Waals surface area contributed by atoms with Gasteiger partial charge in [-0.3, -0.25) is 0 Å². The Morgan fingerprint density at radius 1 is 1.11 bits per heavy atom. The van der Waals surface area contributed by atoms with E-state index in [1.807, 2.05) is 36.7 Å². The highest BCUT2D eigenvalue weighted by Gasteiger charge is 2.18. The summed E-state index contributed by atoms with van der Waals surface area (Å²) in [5.74, 6) is 2.37. The van der Waals surface area contributed by atoms with Gasteiger partial charge in [0, 0.05) is 39.3 Å². The molecule has 5 rings (SSSR count). The first-order valence-corrected chi connectivity index (χ1v) is 11.5. The van der Waals surface area contributed by atoms with E-state index >= 15 is 0 Å².